The summed E-state index contributed by atoms with van der Waals surface area (Å²) in [4.78, 5) is 3.88. The predicted octanol–water partition coefficient (Wildman–Crippen LogP) is 1.02. The van der Waals surface area contributed by atoms with Crippen LogP contribution in [0.25, 0.3) is 0 Å². The number of aromatic nitrogens is 2. The van der Waals surface area contributed by atoms with Crippen molar-refractivity contribution in [3.8, 4) is 0 Å². The number of imidazole rings is 1. The molecule has 0 saturated heterocycles. The molecule has 1 rings (SSSR count). The van der Waals surface area contributed by atoms with Crippen LogP contribution in [0, 0.1) is 0 Å². The Kier molecular flexibility index (Phi) is 3.07. The first kappa shape index (κ1) is 8.23. The van der Waals surface area contributed by atoms with Crippen molar-refractivity contribution < 1.29 is 9.47 Å². The van der Waals surface area contributed by atoms with E-state index < -0.39 is 0 Å². The van der Waals surface area contributed by atoms with Crippen molar-refractivity contribution in [2.24, 2.45) is 0 Å². The van der Waals surface area contributed by atoms with Crippen molar-refractivity contribution in [1.29, 1.82) is 0 Å². The van der Waals surface area contributed by atoms with Crippen molar-refractivity contribution in [3.63, 3.8) is 0 Å². The summed E-state index contributed by atoms with van der Waals surface area (Å²) in [6.45, 7) is 2.54. The first-order valence-electron chi connectivity index (χ1n) is 3.50. The highest BCUT2D eigenvalue weighted by molar-refractivity contribution is 4.74. The van der Waals surface area contributed by atoms with Gasteiger partial charge >= 0.3 is 0 Å². The number of hydrogen-bond donors (Lipinski definition) is 0. The van der Waals surface area contributed by atoms with Crippen LogP contribution in [-0.4, -0.2) is 23.3 Å². The number of methoxy groups -OCH3 is 1. The highest BCUT2D eigenvalue weighted by atomic mass is 16.7. The van der Waals surface area contributed by atoms with Gasteiger partial charge in [-0.05, 0) is 6.92 Å². The first-order chi connectivity index (χ1) is 5.38. The molecule has 0 N–H and O–H groups in total. The second-order valence-corrected chi connectivity index (χ2v) is 2.01. The van der Waals surface area contributed by atoms with Crippen molar-refractivity contribution >= 4 is 0 Å². The lowest BCUT2D eigenvalue weighted by Crippen LogP contribution is -2.12. The zero-order chi connectivity index (χ0) is 8.10. The quantitative estimate of drug-likeness (QED) is 0.611. The van der Waals surface area contributed by atoms with Gasteiger partial charge in [0, 0.05) is 26.1 Å². The summed E-state index contributed by atoms with van der Waals surface area (Å²) in [6, 6.07) is 0. The molecule has 1 aromatic rings. The van der Waals surface area contributed by atoms with Crippen LogP contribution in [0.3, 0.4) is 0 Å². The Hall–Kier alpha value is -0.870. The summed E-state index contributed by atoms with van der Waals surface area (Å²) >= 11 is 0. The molecule has 4 nitrogen and oxygen atoms in total. The molecule has 0 aliphatic heterocycles. The minimum absolute atomic E-state index is 0.345. The molecule has 1 aromatic heterocycles. The highest BCUT2D eigenvalue weighted by Crippen LogP contribution is 2.06. The molecular weight excluding hydrogens is 144 g/mol. The van der Waals surface area contributed by atoms with Gasteiger partial charge in [0.05, 0.1) is 6.33 Å². The lowest BCUT2D eigenvalue weighted by Gasteiger charge is -2.15. The predicted molar refractivity (Wildman–Crippen MR) is 39.9 cm³/mol. The SMILES string of the molecule is CCOC(OC)n1ccnc1. The average molecular weight is 156 g/mol. The molecule has 1 atom stereocenters. The largest absolute Gasteiger partial charge is 0.338 e. The Bertz CT molecular complexity index is 186. The van der Waals surface area contributed by atoms with Crippen LogP contribution >= 0.6 is 0 Å². The van der Waals surface area contributed by atoms with Gasteiger partial charge in [-0.15, -0.1) is 0 Å². The second kappa shape index (κ2) is 4.10. The van der Waals surface area contributed by atoms with Gasteiger partial charge in [-0.1, -0.05) is 0 Å². The van der Waals surface area contributed by atoms with Gasteiger partial charge in [0.1, 0.15) is 0 Å². The van der Waals surface area contributed by atoms with Crippen molar-refractivity contribution in [3.05, 3.63) is 18.7 Å². The van der Waals surface area contributed by atoms with E-state index in [1.165, 1.54) is 0 Å². The van der Waals surface area contributed by atoms with Gasteiger partial charge in [-0.25, -0.2) is 4.98 Å². The van der Waals surface area contributed by atoms with Gasteiger partial charge < -0.3 is 9.47 Å². The van der Waals surface area contributed by atoms with E-state index >= 15 is 0 Å². The van der Waals surface area contributed by atoms with Crippen LogP contribution in [0.4, 0.5) is 0 Å². The summed E-state index contributed by atoms with van der Waals surface area (Å²) in [5.74, 6) is 0. The average Bonchev–Trinajstić information content (AvgIpc) is 2.52. The summed E-state index contributed by atoms with van der Waals surface area (Å²) < 4.78 is 12.0. The third-order valence-electron chi connectivity index (χ3n) is 1.28. The van der Waals surface area contributed by atoms with Crippen molar-refractivity contribution in [2.75, 3.05) is 13.7 Å². The molecule has 0 spiro atoms. The Morgan fingerprint density at radius 1 is 1.64 bits per heavy atom. The highest BCUT2D eigenvalue weighted by Gasteiger charge is 2.05. The van der Waals surface area contributed by atoms with E-state index in [0.29, 0.717) is 6.61 Å². The molecule has 4 heteroatoms. The standard InChI is InChI=1S/C7H12N2O2/c1-3-11-7(10-2)9-5-4-8-6-9/h4-7H,3H2,1-2H3. The number of nitrogens with zero attached hydrogens (tertiary/aromatic N) is 2. The molecule has 0 radical (unpaired) electrons. The lowest BCUT2D eigenvalue weighted by atomic mass is 10.8. The monoisotopic (exact) mass is 156 g/mol. The summed E-state index contributed by atoms with van der Waals surface area (Å²) in [5, 5.41) is 0. The van der Waals surface area contributed by atoms with Gasteiger partial charge in [0.15, 0.2) is 0 Å². The molecule has 11 heavy (non-hydrogen) atoms. The van der Waals surface area contributed by atoms with Crippen molar-refractivity contribution in [1.82, 2.24) is 9.55 Å². The van der Waals surface area contributed by atoms with Gasteiger partial charge in [0.2, 0.25) is 6.41 Å². The molecule has 0 bridgehead atoms. The molecule has 1 heterocycles. The van der Waals surface area contributed by atoms with Crippen LogP contribution in [-0.2, 0) is 9.47 Å². The second-order valence-electron chi connectivity index (χ2n) is 2.01. The Morgan fingerprint density at radius 3 is 2.91 bits per heavy atom. The zero-order valence-electron chi connectivity index (χ0n) is 6.73. The maximum atomic E-state index is 5.24. The fourth-order valence-corrected chi connectivity index (χ4v) is 0.813. The molecule has 0 saturated carbocycles. The Morgan fingerprint density at radius 2 is 2.45 bits per heavy atom. The fourth-order valence-electron chi connectivity index (χ4n) is 0.813. The van der Waals surface area contributed by atoms with E-state index in [9.17, 15) is 0 Å². The van der Waals surface area contributed by atoms with E-state index in [1.807, 2.05) is 6.92 Å². The Balaban J connectivity index is 2.56. The molecule has 0 aliphatic rings. The number of hydrogen-bond acceptors (Lipinski definition) is 3. The molecule has 0 aliphatic carbocycles. The van der Waals surface area contributed by atoms with E-state index in [2.05, 4.69) is 4.98 Å². The summed E-state index contributed by atoms with van der Waals surface area (Å²) in [6.07, 6.45) is 4.79. The smallest absolute Gasteiger partial charge is 0.244 e. The minimum atomic E-state index is -0.345. The normalized spacial score (nSPS) is 13.3. The molecule has 0 amide bonds. The zero-order valence-corrected chi connectivity index (χ0v) is 6.73. The maximum Gasteiger partial charge on any atom is 0.244 e. The number of ether oxygens (including phenoxy) is 2. The molecule has 0 aromatic carbocycles. The van der Waals surface area contributed by atoms with Crippen LogP contribution in [0.1, 0.15) is 13.3 Å². The fraction of sp³-hybridized carbons (Fsp3) is 0.571. The lowest BCUT2D eigenvalue weighted by molar-refractivity contribution is -0.171. The molecule has 62 valence electrons. The number of rotatable bonds is 4. The third kappa shape index (κ3) is 2.03. The van der Waals surface area contributed by atoms with Gasteiger partial charge in [-0.2, -0.15) is 0 Å². The summed E-state index contributed by atoms with van der Waals surface area (Å²) in [7, 11) is 1.60. The first-order valence-corrected chi connectivity index (χ1v) is 3.50. The Labute approximate surface area is 65.8 Å². The molecule has 0 fully saturated rings. The van der Waals surface area contributed by atoms with Crippen LogP contribution < -0.4 is 0 Å². The van der Waals surface area contributed by atoms with Crippen LogP contribution in [0.5, 0.6) is 0 Å². The minimum Gasteiger partial charge on any atom is -0.338 e. The van der Waals surface area contributed by atoms with E-state index in [4.69, 9.17) is 9.47 Å². The summed E-state index contributed by atoms with van der Waals surface area (Å²) in [5.41, 5.74) is 0. The molecular formula is C7H12N2O2. The maximum absolute atomic E-state index is 5.24. The van der Waals surface area contributed by atoms with E-state index in [1.54, 1.807) is 30.4 Å². The van der Waals surface area contributed by atoms with E-state index in [0.717, 1.165) is 0 Å². The topological polar surface area (TPSA) is 36.3 Å². The van der Waals surface area contributed by atoms with Gasteiger partial charge in [-0.3, -0.25) is 4.57 Å². The van der Waals surface area contributed by atoms with Crippen molar-refractivity contribution in [2.45, 2.75) is 13.3 Å². The van der Waals surface area contributed by atoms with Crippen LogP contribution in [0.15, 0.2) is 18.7 Å². The van der Waals surface area contributed by atoms with Gasteiger partial charge in [0.25, 0.3) is 0 Å². The van der Waals surface area contributed by atoms with E-state index in [-0.39, 0.29) is 6.41 Å². The van der Waals surface area contributed by atoms with Crippen LogP contribution in [0.2, 0.25) is 0 Å². The molecule has 1 unspecified atom stereocenters. The third-order valence-corrected chi connectivity index (χ3v) is 1.28.